The van der Waals surface area contributed by atoms with Gasteiger partial charge in [-0.25, -0.2) is 4.39 Å². The topological polar surface area (TPSA) is 71.6 Å². The van der Waals surface area contributed by atoms with Gasteiger partial charge in [0.25, 0.3) is 5.91 Å². The van der Waals surface area contributed by atoms with Gasteiger partial charge in [0.2, 0.25) is 0 Å². The van der Waals surface area contributed by atoms with Gasteiger partial charge >= 0.3 is 0 Å². The SMILES string of the molecule is C=CCOc1ccc(/C=C/C(=O)NNC(=S)NCc2ccc(F)cc2)cc1OC. The molecular formula is C21H22FN3O3S. The van der Waals surface area contributed by atoms with Crippen LogP contribution in [-0.4, -0.2) is 24.7 Å². The Kier molecular flexibility index (Phi) is 8.65. The number of halogens is 1. The van der Waals surface area contributed by atoms with E-state index in [4.69, 9.17) is 21.7 Å². The van der Waals surface area contributed by atoms with Crippen LogP contribution in [0, 0.1) is 5.82 Å². The number of benzene rings is 2. The molecule has 0 saturated heterocycles. The zero-order chi connectivity index (χ0) is 21.1. The van der Waals surface area contributed by atoms with Crippen LogP contribution in [0.5, 0.6) is 11.5 Å². The Bertz CT molecular complexity index is 885. The molecule has 0 unspecified atom stereocenters. The van der Waals surface area contributed by atoms with E-state index in [0.717, 1.165) is 11.1 Å². The van der Waals surface area contributed by atoms with Gasteiger partial charge in [-0.2, -0.15) is 0 Å². The normalized spacial score (nSPS) is 10.3. The molecule has 0 aliphatic heterocycles. The molecule has 0 fully saturated rings. The van der Waals surface area contributed by atoms with E-state index >= 15 is 0 Å². The molecule has 2 aromatic carbocycles. The Hall–Kier alpha value is -3.39. The molecular weight excluding hydrogens is 393 g/mol. The van der Waals surface area contributed by atoms with Crippen LogP contribution in [0.4, 0.5) is 4.39 Å². The van der Waals surface area contributed by atoms with Gasteiger partial charge in [0, 0.05) is 12.6 Å². The molecule has 0 radical (unpaired) electrons. The number of amides is 1. The maximum atomic E-state index is 12.9. The summed E-state index contributed by atoms with van der Waals surface area (Å²) in [5, 5.41) is 3.14. The number of hydrazine groups is 1. The highest BCUT2D eigenvalue weighted by molar-refractivity contribution is 7.80. The van der Waals surface area contributed by atoms with Gasteiger partial charge < -0.3 is 14.8 Å². The number of hydrogen-bond donors (Lipinski definition) is 3. The molecule has 0 spiro atoms. The number of carbonyl (C=O) groups is 1. The van der Waals surface area contributed by atoms with Crippen LogP contribution >= 0.6 is 12.2 Å². The molecule has 0 bridgehead atoms. The third-order valence-corrected chi connectivity index (χ3v) is 3.88. The number of rotatable bonds is 8. The molecule has 3 N–H and O–H groups in total. The summed E-state index contributed by atoms with van der Waals surface area (Å²) in [6.45, 7) is 4.37. The molecule has 0 aliphatic rings. The highest BCUT2D eigenvalue weighted by atomic mass is 32.1. The van der Waals surface area contributed by atoms with E-state index < -0.39 is 0 Å². The first-order valence-electron chi connectivity index (χ1n) is 8.70. The second-order valence-electron chi connectivity index (χ2n) is 5.77. The van der Waals surface area contributed by atoms with Crippen LogP contribution in [-0.2, 0) is 11.3 Å². The van der Waals surface area contributed by atoms with Gasteiger partial charge in [-0.15, -0.1) is 0 Å². The average molecular weight is 415 g/mol. The fourth-order valence-electron chi connectivity index (χ4n) is 2.22. The lowest BCUT2D eigenvalue weighted by molar-refractivity contribution is -0.116. The zero-order valence-corrected chi connectivity index (χ0v) is 16.7. The molecule has 2 rings (SSSR count). The first kappa shape index (κ1) is 21.9. The van der Waals surface area contributed by atoms with Crippen molar-refractivity contribution in [3.8, 4) is 11.5 Å². The van der Waals surface area contributed by atoms with E-state index in [-0.39, 0.29) is 16.8 Å². The maximum Gasteiger partial charge on any atom is 0.262 e. The molecule has 0 aromatic heterocycles. The molecule has 152 valence electrons. The predicted molar refractivity (Wildman–Crippen MR) is 115 cm³/mol. The summed E-state index contributed by atoms with van der Waals surface area (Å²) in [5.74, 6) is 0.457. The molecule has 0 saturated carbocycles. The predicted octanol–water partition coefficient (Wildman–Crippen LogP) is 3.11. The minimum Gasteiger partial charge on any atom is -0.493 e. The minimum atomic E-state index is -0.387. The van der Waals surface area contributed by atoms with E-state index in [2.05, 4.69) is 22.7 Å². The Morgan fingerprint density at radius 3 is 2.62 bits per heavy atom. The number of methoxy groups -OCH3 is 1. The fourth-order valence-corrected chi connectivity index (χ4v) is 2.34. The Balaban J connectivity index is 1.80. The summed E-state index contributed by atoms with van der Waals surface area (Å²) >= 11 is 5.08. The van der Waals surface area contributed by atoms with Gasteiger partial charge in [-0.3, -0.25) is 15.6 Å². The zero-order valence-electron chi connectivity index (χ0n) is 15.9. The van der Waals surface area contributed by atoms with E-state index in [1.807, 2.05) is 0 Å². The number of carbonyl (C=O) groups excluding carboxylic acids is 1. The number of hydrogen-bond acceptors (Lipinski definition) is 4. The van der Waals surface area contributed by atoms with Crippen molar-refractivity contribution in [2.75, 3.05) is 13.7 Å². The molecule has 8 heteroatoms. The summed E-state index contributed by atoms with van der Waals surface area (Å²) in [4.78, 5) is 11.9. The van der Waals surface area contributed by atoms with Crippen molar-refractivity contribution in [2.45, 2.75) is 6.54 Å². The van der Waals surface area contributed by atoms with Crippen molar-refractivity contribution in [1.29, 1.82) is 0 Å². The van der Waals surface area contributed by atoms with Crippen LogP contribution in [0.15, 0.2) is 61.2 Å². The van der Waals surface area contributed by atoms with Crippen molar-refractivity contribution < 1.29 is 18.7 Å². The smallest absolute Gasteiger partial charge is 0.262 e. The second kappa shape index (κ2) is 11.5. The van der Waals surface area contributed by atoms with Gasteiger partial charge in [-0.05, 0) is 53.7 Å². The highest BCUT2D eigenvalue weighted by Gasteiger charge is 2.05. The van der Waals surface area contributed by atoms with Crippen LogP contribution in [0.2, 0.25) is 0 Å². The number of thiocarbonyl (C=S) groups is 1. The monoisotopic (exact) mass is 415 g/mol. The number of nitrogens with one attached hydrogen (secondary N) is 3. The minimum absolute atomic E-state index is 0.237. The molecule has 0 heterocycles. The van der Waals surface area contributed by atoms with Crippen LogP contribution in [0.25, 0.3) is 6.08 Å². The second-order valence-corrected chi connectivity index (χ2v) is 6.17. The standard InChI is InChI=1S/C21H22FN3O3S/c1-3-12-28-18-10-6-15(13-19(18)27-2)7-11-20(26)24-25-21(29)23-14-16-4-8-17(22)9-5-16/h3-11,13H,1,12,14H2,2H3,(H,24,26)(H2,23,25,29)/b11-7+. The first-order chi connectivity index (χ1) is 14.0. The molecule has 1 amide bonds. The van der Waals surface area contributed by atoms with Gasteiger partial charge in [0.1, 0.15) is 12.4 Å². The lowest BCUT2D eigenvalue weighted by Gasteiger charge is -2.11. The van der Waals surface area contributed by atoms with Gasteiger partial charge in [-0.1, -0.05) is 30.9 Å². The summed E-state index contributed by atoms with van der Waals surface area (Å²) in [7, 11) is 1.54. The Morgan fingerprint density at radius 2 is 1.93 bits per heavy atom. The summed E-state index contributed by atoms with van der Waals surface area (Å²) in [6.07, 6.45) is 4.63. The Labute approximate surface area is 174 Å². The summed E-state index contributed by atoms with van der Waals surface area (Å²) in [5.41, 5.74) is 6.68. The molecule has 6 nitrogen and oxygen atoms in total. The van der Waals surface area contributed by atoms with Gasteiger partial charge in [0.15, 0.2) is 16.6 Å². The third kappa shape index (κ3) is 7.63. The van der Waals surface area contributed by atoms with Crippen molar-refractivity contribution in [1.82, 2.24) is 16.2 Å². The summed E-state index contributed by atoms with van der Waals surface area (Å²) in [6, 6.07) is 11.3. The van der Waals surface area contributed by atoms with E-state index in [9.17, 15) is 9.18 Å². The largest absolute Gasteiger partial charge is 0.493 e. The first-order valence-corrected chi connectivity index (χ1v) is 9.10. The number of ether oxygens (including phenoxy) is 2. The molecule has 0 atom stereocenters. The molecule has 2 aromatic rings. The van der Waals surface area contributed by atoms with Crippen molar-refractivity contribution in [3.63, 3.8) is 0 Å². The highest BCUT2D eigenvalue weighted by Crippen LogP contribution is 2.28. The fraction of sp³-hybridized carbons (Fsp3) is 0.143. The van der Waals surface area contributed by atoms with E-state index in [1.165, 1.54) is 18.2 Å². The van der Waals surface area contributed by atoms with Crippen LogP contribution < -0.4 is 25.6 Å². The van der Waals surface area contributed by atoms with Gasteiger partial charge in [0.05, 0.1) is 7.11 Å². The van der Waals surface area contributed by atoms with Crippen LogP contribution in [0.3, 0.4) is 0 Å². The van der Waals surface area contributed by atoms with Crippen LogP contribution in [0.1, 0.15) is 11.1 Å². The quantitative estimate of drug-likeness (QED) is 0.266. The summed E-state index contributed by atoms with van der Waals surface area (Å²) < 4.78 is 23.6. The lowest BCUT2D eigenvalue weighted by atomic mass is 10.2. The third-order valence-electron chi connectivity index (χ3n) is 3.64. The van der Waals surface area contributed by atoms with E-state index in [1.54, 1.807) is 49.6 Å². The lowest BCUT2D eigenvalue weighted by Crippen LogP contribution is -2.45. The van der Waals surface area contributed by atoms with E-state index in [0.29, 0.717) is 24.7 Å². The van der Waals surface area contributed by atoms with Crippen molar-refractivity contribution in [2.24, 2.45) is 0 Å². The van der Waals surface area contributed by atoms with Crippen molar-refractivity contribution in [3.05, 3.63) is 78.1 Å². The average Bonchev–Trinajstić information content (AvgIpc) is 2.74. The molecule has 29 heavy (non-hydrogen) atoms. The molecule has 0 aliphatic carbocycles. The maximum absolute atomic E-state index is 12.9. The van der Waals surface area contributed by atoms with Crippen molar-refractivity contribution >= 4 is 29.3 Å². The Morgan fingerprint density at radius 1 is 1.17 bits per heavy atom.